The standard InChI is InChI=1S/C19H25N3O2/c1-15-6-7-19(24-2)16(12-15)9-11-21(14-23)13-18-8-10-20-22(18)17-4-3-5-17/h6-8,10,12,14,17H,3-5,9,11,13H2,1-2H3. The van der Waals surface area contributed by atoms with Crippen LogP contribution in [-0.4, -0.2) is 34.7 Å². The van der Waals surface area contributed by atoms with Crippen LogP contribution in [0, 0.1) is 6.92 Å². The van der Waals surface area contributed by atoms with Gasteiger partial charge >= 0.3 is 0 Å². The van der Waals surface area contributed by atoms with E-state index < -0.39 is 0 Å². The van der Waals surface area contributed by atoms with Gasteiger partial charge in [-0.05, 0) is 50.3 Å². The van der Waals surface area contributed by atoms with Crippen molar-refractivity contribution in [3.8, 4) is 5.75 Å². The highest BCUT2D eigenvalue weighted by molar-refractivity contribution is 5.47. The maximum Gasteiger partial charge on any atom is 0.210 e. The van der Waals surface area contributed by atoms with Crippen molar-refractivity contribution in [1.82, 2.24) is 14.7 Å². The summed E-state index contributed by atoms with van der Waals surface area (Å²) in [6.45, 7) is 3.34. The van der Waals surface area contributed by atoms with Gasteiger partial charge in [0.1, 0.15) is 5.75 Å². The maximum atomic E-state index is 11.5. The fourth-order valence-corrected chi connectivity index (χ4v) is 3.17. The van der Waals surface area contributed by atoms with Crippen molar-refractivity contribution in [1.29, 1.82) is 0 Å². The lowest BCUT2D eigenvalue weighted by Gasteiger charge is -2.28. The first-order chi connectivity index (χ1) is 11.7. The van der Waals surface area contributed by atoms with Crippen molar-refractivity contribution in [3.05, 3.63) is 47.3 Å². The Balaban J connectivity index is 1.64. The lowest BCUT2D eigenvalue weighted by Crippen LogP contribution is -2.28. The van der Waals surface area contributed by atoms with Crippen LogP contribution in [0.1, 0.15) is 42.1 Å². The molecule has 0 atom stereocenters. The average molecular weight is 327 g/mol. The van der Waals surface area contributed by atoms with Crippen molar-refractivity contribution < 1.29 is 9.53 Å². The first kappa shape index (κ1) is 16.6. The molecular weight excluding hydrogens is 302 g/mol. The Labute approximate surface area is 143 Å². The normalized spacial score (nSPS) is 14.2. The summed E-state index contributed by atoms with van der Waals surface area (Å²) in [5.74, 6) is 0.881. The Bertz CT molecular complexity index is 692. The molecule has 24 heavy (non-hydrogen) atoms. The first-order valence-electron chi connectivity index (χ1n) is 8.56. The lowest BCUT2D eigenvalue weighted by atomic mass is 9.93. The van der Waals surface area contributed by atoms with Crippen LogP contribution in [0.5, 0.6) is 5.75 Å². The molecule has 1 aromatic carbocycles. The Morgan fingerprint density at radius 1 is 1.38 bits per heavy atom. The van der Waals surface area contributed by atoms with E-state index in [-0.39, 0.29) is 0 Å². The largest absolute Gasteiger partial charge is 0.496 e. The molecule has 1 amide bonds. The van der Waals surface area contributed by atoms with Gasteiger partial charge in [-0.1, -0.05) is 17.7 Å². The number of methoxy groups -OCH3 is 1. The number of aromatic nitrogens is 2. The second kappa shape index (κ2) is 7.51. The molecule has 128 valence electrons. The first-order valence-corrected chi connectivity index (χ1v) is 8.56. The number of aryl methyl sites for hydroxylation is 1. The molecule has 0 unspecified atom stereocenters. The van der Waals surface area contributed by atoms with E-state index in [1.54, 1.807) is 7.11 Å². The van der Waals surface area contributed by atoms with Crippen molar-refractivity contribution in [2.45, 2.75) is 45.2 Å². The van der Waals surface area contributed by atoms with Crippen molar-refractivity contribution in [2.24, 2.45) is 0 Å². The van der Waals surface area contributed by atoms with Gasteiger partial charge in [-0.3, -0.25) is 9.48 Å². The van der Waals surface area contributed by atoms with E-state index >= 15 is 0 Å². The van der Waals surface area contributed by atoms with Crippen LogP contribution in [0.25, 0.3) is 0 Å². The van der Waals surface area contributed by atoms with Crippen LogP contribution in [0.3, 0.4) is 0 Å². The molecular formula is C19H25N3O2. The van der Waals surface area contributed by atoms with E-state index in [1.165, 1.54) is 24.8 Å². The fraction of sp³-hybridized carbons (Fsp3) is 0.474. The highest BCUT2D eigenvalue weighted by Crippen LogP contribution is 2.32. The van der Waals surface area contributed by atoms with Crippen molar-refractivity contribution in [2.75, 3.05) is 13.7 Å². The third-order valence-electron chi connectivity index (χ3n) is 4.79. The van der Waals surface area contributed by atoms with E-state index in [0.717, 1.165) is 29.8 Å². The summed E-state index contributed by atoms with van der Waals surface area (Å²) < 4.78 is 7.51. The molecule has 0 radical (unpaired) electrons. The number of ether oxygens (including phenoxy) is 1. The van der Waals surface area contributed by atoms with Crippen LogP contribution in [0.4, 0.5) is 0 Å². The van der Waals surface area contributed by atoms with Crippen LogP contribution < -0.4 is 4.74 Å². The van der Waals surface area contributed by atoms with Gasteiger partial charge in [0.25, 0.3) is 0 Å². The monoisotopic (exact) mass is 327 g/mol. The summed E-state index contributed by atoms with van der Waals surface area (Å²) in [4.78, 5) is 13.3. The number of carbonyl (C=O) groups is 1. The SMILES string of the molecule is COc1ccc(C)cc1CCN(C=O)Cc1ccnn1C1CCC1. The maximum absolute atomic E-state index is 11.5. The minimum absolute atomic E-state index is 0.514. The molecule has 1 aliphatic carbocycles. The minimum atomic E-state index is 0.514. The summed E-state index contributed by atoms with van der Waals surface area (Å²) >= 11 is 0. The van der Waals surface area contributed by atoms with Gasteiger partial charge in [0, 0.05) is 12.7 Å². The lowest BCUT2D eigenvalue weighted by molar-refractivity contribution is -0.118. The predicted molar refractivity (Wildman–Crippen MR) is 93.0 cm³/mol. The van der Waals surface area contributed by atoms with E-state index in [4.69, 9.17) is 4.74 Å². The molecule has 5 heteroatoms. The number of hydrogen-bond acceptors (Lipinski definition) is 3. The molecule has 1 heterocycles. The number of rotatable bonds is 8. The molecule has 0 saturated heterocycles. The average Bonchev–Trinajstić information content (AvgIpc) is 2.97. The summed E-state index contributed by atoms with van der Waals surface area (Å²) in [6, 6.07) is 8.68. The second-order valence-electron chi connectivity index (χ2n) is 6.49. The molecule has 1 aliphatic rings. The van der Waals surface area contributed by atoms with Crippen molar-refractivity contribution in [3.63, 3.8) is 0 Å². The van der Waals surface area contributed by atoms with Crippen LogP contribution in [0.2, 0.25) is 0 Å². The fourth-order valence-electron chi connectivity index (χ4n) is 3.17. The third-order valence-corrected chi connectivity index (χ3v) is 4.79. The van der Waals surface area contributed by atoms with Crippen LogP contribution in [0.15, 0.2) is 30.5 Å². The van der Waals surface area contributed by atoms with Crippen molar-refractivity contribution >= 4 is 6.41 Å². The summed E-state index contributed by atoms with van der Waals surface area (Å²) in [7, 11) is 1.68. The Hall–Kier alpha value is -2.30. The predicted octanol–water partition coefficient (Wildman–Crippen LogP) is 3.13. The zero-order valence-electron chi connectivity index (χ0n) is 14.4. The number of hydrogen-bond donors (Lipinski definition) is 0. The smallest absolute Gasteiger partial charge is 0.210 e. The Kier molecular flexibility index (Phi) is 5.18. The van der Waals surface area contributed by atoms with E-state index in [9.17, 15) is 4.79 Å². The summed E-state index contributed by atoms with van der Waals surface area (Å²) in [5.41, 5.74) is 3.45. The number of carbonyl (C=O) groups excluding carboxylic acids is 1. The molecule has 1 fully saturated rings. The Morgan fingerprint density at radius 2 is 2.21 bits per heavy atom. The number of benzene rings is 1. The second-order valence-corrected chi connectivity index (χ2v) is 6.49. The van der Waals surface area contributed by atoms with E-state index in [0.29, 0.717) is 19.1 Å². The Morgan fingerprint density at radius 3 is 2.88 bits per heavy atom. The molecule has 1 saturated carbocycles. The van der Waals surface area contributed by atoms with E-state index in [2.05, 4.69) is 22.8 Å². The van der Waals surface area contributed by atoms with E-state index in [1.807, 2.05) is 29.3 Å². The summed E-state index contributed by atoms with van der Waals surface area (Å²) in [6.07, 6.45) is 7.20. The van der Waals surface area contributed by atoms with Gasteiger partial charge in [0.15, 0.2) is 0 Å². The van der Waals surface area contributed by atoms with Gasteiger partial charge < -0.3 is 9.64 Å². The molecule has 2 aromatic rings. The molecule has 0 N–H and O–H groups in total. The third kappa shape index (κ3) is 3.61. The van der Waals surface area contributed by atoms with Gasteiger partial charge in [0.2, 0.25) is 6.41 Å². The van der Waals surface area contributed by atoms with Gasteiger partial charge in [-0.2, -0.15) is 5.10 Å². The number of amides is 1. The molecule has 0 spiro atoms. The van der Waals surface area contributed by atoms with Gasteiger partial charge in [-0.25, -0.2) is 0 Å². The van der Waals surface area contributed by atoms with Gasteiger partial charge in [-0.15, -0.1) is 0 Å². The zero-order chi connectivity index (χ0) is 16.9. The molecule has 5 nitrogen and oxygen atoms in total. The van der Waals surface area contributed by atoms with Crippen LogP contribution >= 0.6 is 0 Å². The molecule has 0 bridgehead atoms. The highest BCUT2D eigenvalue weighted by Gasteiger charge is 2.22. The van der Waals surface area contributed by atoms with Crippen LogP contribution in [-0.2, 0) is 17.8 Å². The van der Waals surface area contributed by atoms with Gasteiger partial charge in [0.05, 0.1) is 25.4 Å². The molecule has 0 aliphatic heterocycles. The highest BCUT2D eigenvalue weighted by atomic mass is 16.5. The summed E-state index contributed by atoms with van der Waals surface area (Å²) in [5, 5.41) is 4.44. The minimum Gasteiger partial charge on any atom is -0.496 e. The zero-order valence-corrected chi connectivity index (χ0v) is 14.4. The topological polar surface area (TPSA) is 47.4 Å². The molecule has 3 rings (SSSR count). The molecule has 1 aromatic heterocycles. The number of nitrogens with zero attached hydrogens (tertiary/aromatic N) is 3. The quantitative estimate of drug-likeness (QED) is 0.700.